The van der Waals surface area contributed by atoms with Crippen LogP contribution in [0.25, 0.3) is 0 Å². The van der Waals surface area contributed by atoms with E-state index in [4.69, 9.17) is 4.74 Å². The normalized spacial score (nSPS) is 17.2. The van der Waals surface area contributed by atoms with E-state index < -0.39 is 5.97 Å². The van der Waals surface area contributed by atoms with Gasteiger partial charge in [-0.25, -0.2) is 0 Å². The van der Waals surface area contributed by atoms with E-state index in [2.05, 4.69) is 45.9 Å². The molecule has 1 aromatic heterocycles. The lowest BCUT2D eigenvalue weighted by Crippen LogP contribution is -2.33. The molecule has 1 aliphatic carbocycles. The Balaban J connectivity index is 1.53. The first kappa shape index (κ1) is 23.2. The van der Waals surface area contributed by atoms with E-state index in [0.717, 1.165) is 16.9 Å². The summed E-state index contributed by atoms with van der Waals surface area (Å²) in [6.45, 7) is 11.9. The first-order valence-electron chi connectivity index (χ1n) is 11.8. The Bertz CT molecular complexity index is 1140. The summed E-state index contributed by atoms with van der Waals surface area (Å²) >= 11 is 0. The second-order valence-corrected chi connectivity index (χ2v) is 10.7. The number of ether oxygens (including phenoxy) is 1. The van der Waals surface area contributed by atoms with Crippen molar-refractivity contribution in [3.05, 3.63) is 88.7 Å². The van der Waals surface area contributed by atoms with Crippen LogP contribution in [0.5, 0.6) is 5.75 Å². The molecule has 1 unspecified atom stereocenters. The minimum atomic E-state index is -0.815. The van der Waals surface area contributed by atoms with E-state index in [1.807, 2.05) is 54.2 Å². The van der Waals surface area contributed by atoms with Crippen LogP contribution in [0.2, 0.25) is 0 Å². The lowest BCUT2D eigenvalue weighted by molar-refractivity contribution is -0.137. The van der Waals surface area contributed by atoms with Gasteiger partial charge in [-0.15, -0.1) is 0 Å². The molecule has 2 aromatic carbocycles. The van der Waals surface area contributed by atoms with Gasteiger partial charge in [0.25, 0.3) is 0 Å². The first-order chi connectivity index (χ1) is 15.6. The molecule has 1 N–H and O–H groups in total. The van der Waals surface area contributed by atoms with Crippen LogP contribution in [0.15, 0.2) is 60.9 Å². The quantitative estimate of drug-likeness (QED) is 0.436. The molecule has 4 heteroatoms. The van der Waals surface area contributed by atoms with Crippen molar-refractivity contribution in [1.82, 2.24) is 4.57 Å². The number of carboxylic acid groups (broad SMARTS) is 1. The Morgan fingerprint density at radius 2 is 1.67 bits per heavy atom. The van der Waals surface area contributed by atoms with Gasteiger partial charge in [0.05, 0.1) is 12.5 Å². The fourth-order valence-electron chi connectivity index (χ4n) is 5.04. The molecule has 174 valence electrons. The van der Waals surface area contributed by atoms with Gasteiger partial charge in [0, 0.05) is 12.4 Å². The van der Waals surface area contributed by atoms with E-state index in [1.165, 1.54) is 29.5 Å². The number of aryl methyl sites for hydroxylation is 1. The molecule has 1 heterocycles. The highest BCUT2D eigenvalue weighted by molar-refractivity contribution is 5.68. The predicted molar refractivity (Wildman–Crippen MR) is 132 cm³/mol. The summed E-state index contributed by atoms with van der Waals surface area (Å²) in [5, 5.41) is 9.39. The third-order valence-corrected chi connectivity index (χ3v) is 7.25. The Hall–Kier alpha value is -3.01. The summed E-state index contributed by atoms with van der Waals surface area (Å²) in [6.07, 6.45) is 6.26. The minimum Gasteiger partial charge on any atom is -0.489 e. The van der Waals surface area contributed by atoms with Crippen molar-refractivity contribution in [3.63, 3.8) is 0 Å². The van der Waals surface area contributed by atoms with E-state index in [0.29, 0.717) is 6.61 Å². The number of aliphatic carboxylic acids is 1. The van der Waals surface area contributed by atoms with Gasteiger partial charge in [-0.3, -0.25) is 4.79 Å². The number of hydrogen-bond donors (Lipinski definition) is 1. The maximum Gasteiger partial charge on any atom is 0.305 e. The maximum absolute atomic E-state index is 11.4. The molecule has 0 saturated carbocycles. The molecule has 0 spiro atoms. The van der Waals surface area contributed by atoms with E-state index in [-0.39, 0.29) is 23.3 Å². The summed E-state index contributed by atoms with van der Waals surface area (Å²) in [5.41, 5.74) is 6.44. The van der Waals surface area contributed by atoms with Gasteiger partial charge in [0.15, 0.2) is 0 Å². The van der Waals surface area contributed by atoms with Crippen molar-refractivity contribution in [2.24, 2.45) is 0 Å². The van der Waals surface area contributed by atoms with E-state index >= 15 is 0 Å². The molecule has 4 nitrogen and oxygen atoms in total. The second-order valence-electron chi connectivity index (χ2n) is 10.7. The number of nitrogens with zero attached hydrogens (tertiary/aromatic N) is 1. The molecule has 1 aliphatic rings. The fourth-order valence-corrected chi connectivity index (χ4v) is 5.04. The average molecular weight is 446 g/mol. The molecule has 3 aromatic rings. The standard InChI is InChI=1S/C29H35NO3/c1-20-16-22(25(18-27(31)32)30-14-6-7-15-30)9-11-26(20)33-19-21-8-10-23-24(17-21)29(4,5)13-12-28(23,2)3/h6-11,14-17,25H,12-13,18-19H2,1-5H3,(H,31,32). The fraction of sp³-hybridized carbons (Fsp3) is 0.414. The molecular formula is C29H35NO3. The molecule has 0 amide bonds. The van der Waals surface area contributed by atoms with Gasteiger partial charge < -0.3 is 14.4 Å². The summed E-state index contributed by atoms with van der Waals surface area (Å²) in [6, 6.07) is 16.4. The van der Waals surface area contributed by atoms with Crippen LogP contribution in [-0.2, 0) is 22.2 Å². The van der Waals surface area contributed by atoms with E-state index in [9.17, 15) is 9.90 Å². The van der Waals surface area contributed by atoms with Gasteiger partial charge in [-0.2, -0.15) is 0 Å². The van der Waals surface area contributed by atoms with Gasteiger partial charge in [-0.1, -0.05) is 58.0 Å². The van der Waals surface area contributed by atoms with E-state index in [1.54, 1.807) is 0 Å². The molecule has 4 rings (SSSR count). The van der Waals surface area contributed by atoms with Crippen LogP contribution in [0.4, 0.5) is 0 Å². The zero-order valence-electron chi connectivity index (χ0n) is 20.4. The number of carbonyl (C=O) groups is 1. The Labute approximate surface area is 197 Å². The number of fused-ring (bicyclic) bond motifs is 1. The van der Waals surface area contributed by atoms with Crippen LogP contribution in [0.1, 0.15) is 80.8 Å². The molecule has 0 fully saturated rings. The SMILES string of the molecule is Cc1cc(C(CC(=O)O)n2cccc2)ccc1OCc1ccc2c(c1)C(C)(C)CCC2(C)C. The van der Waals surface area contributed by atoms with Crippen LogP contribution < -0.4 is 4.74 Å². The monoisotopic (exact) mass is 445 g/mol. The number of rotatable bonds is 7. The van der Waals surface area contributed by atoms with Crippen molar-refractivity contribution in [1.29, 1.82) is 0 Å². The van der Waals surface area contributed by atoms with Gasteiger partial charge in [0.1, 0.15) is 12.4 Å². The highest BCUT2D eigenvalue weighted by atomic mass is 16.5. The highest BCUT2D eigenvalue weighted by Crippen LogP contribution is 2.46. The van der Waals surface area contributed by atoms with Crippen molar-refractivity contribution in [2.45, 2.75) is 77.4 Å². The van der Waals surface area contributed by atoms with Crippen LogP contribution in [0.3, 0.4) is 0 Å². The maximum atomic E-state index is 11.4. The Kier molecular flexibility index (Phi) is 6.13. The molecular weight excluding hydrogens is 410 g/mol. The average Bonchev–Trinajstić information content (AvgIpc) is 3.29. The lowest BCUT2D eigenvalue weighted by atomic mass is 9.63. The molecule has 1 atom stereocenters. The first-order valence-corrected chi connectivity index (χ1v) is 11.8. The summed E-state index contributed by atoms with van der Waals surface area (Å²) in [7, 11) is 0. The zero-order chi connectivity index (χ0) is 23.8. The summed E-state index contributed by atoms with van der Waals surface area (Å²) in [4.78, 5) is 11.4. The van der Waals surface area contributed by atoms with Crippen molar-refractivity contribution in [3.8, 4) is 5.75 Å². The highest BCUT2D eigenvalue weighted by Gasteiger charge is 2.36. The number of aromatic nitrogens is 1. The van der Waals surface area contributed by atoms with Crippen molar-refractivity contribution >= 4 is 5.97 Å². The molecule has 33 heavy (non-hydrogen) atoms. The lowest BCUT2D eigenvalue weighted by Gasteiger charge is -2.42. The zero-order valence-corrected chi connectivity index (χ0v) is 20.4. The van der Waals surface area contributed by atoms with Gasteiger partial charge in [-0.05, 0) is 76.6 Å². The van der Waals surface area contributed by atoms with Crippen LogP contribution in [-0.4, -0.2) is 15.6 Å². The van der Waals surface area contributed by atoms with Crippen molar-refractivity contribution in [2.75, 3.05) is 0 Å². The summed E-state index contributed by atoms with van der Waals surface area (Å²) in [5.74, 6) is 0.0165. The molecule has 0 aliphatic heterocycles. The van der Waals surface area contributed by atoms with Crippen LogP contribution >= 0.6 is 0 Å². The topological polar surface area (TPSA) is 51.5 Å². The molecule has 0 bridgehead atoms. The Morgan fingerprint density at radius 1 is 1.00 bits per heavy atom. The molecule has 0 saturated heterocycles. The van der Waals surface area contributed by atoms with Crippen molar-refractivity contribution < 1.29 is 14.6 Å². The number of carboxylic acids is 1. The number of hydrogen-bond acceptors (Lipinski definition) is 2. The summed E-state index contributed by atoms with van der Waals surface area (Å²) < 4.78 is 8.16. The Morgan fingerprint density at radius 3 is 2.30 bits per heavy atom. The second kappa shape index (κ2) is 8.74. The third kappa shape index (κ3) is 4.85. The third-order valence-electron chi connectivity index (χ3n) is 7.25. The van der Waals surface area contributed by atoms with Gasteiger partial charge in [0.2, 0.25) is 0 Å². The van der Waals surface area contributed by atoms with Crippen LogP contribution in [0, 0.1) is 6.92 Å². The molecule has 0 radical (unpaired) electrons. The largest absolute Gasteiger partial charge is 0.489 e. The smallest absolute Gasteiger partial charge is 0.305 e. The minimum absolute atomic E-state index is 0.0373. The number of benzene rings is 2. The predicted octanol–water partition coefficient (Wildman–Crippen LogP) is 6.79. The van der Waals surface area contributed by atoms with Gasteiger partial charge >= 0.3 is 5.97 Å².